The van der Waals surface area contributed by atoms with Gasteiger partial charge in [0, 0.05) is 20.1 Å². The molecule has 0 spiro atoms. The molecule has 5 amide bonds. The minimum Gasteiger partial charge on any atom is -0.340 e. The highest BCUT2D eigenvalue weighted by molar-refractivity contribution is 6.45. The number of hydrogen-bond donors (Lipinski definition) is 0. The van der Waals surface area contributed by atoms with Crippen LogP contribution >= 0.6 is 0 Å². The van der Waals surface area contributed by atoms with E-state index in [1.807, 2.05) is 31.2 Å². The number of rotatable bonds is 7. The summed E-state index contributed by atoms with van der Waals surface area (Å²) in [6.45, 7) is 2.08. The minimum absolute atomic E-state index is 0.180. The molecule has 1 saturated heterocycles. The number of allylic oxidation sites excluding steroid dienone is 1. The van der Waals surface area contributed by atoms with Gasteiger partial charge in [0.15, 0.2) is 0 Å². The lowest BCUT2D eigenvalue weighted by atomic mass is 9.97. The Kier molecular flexibility index (Phi) is 6.46. The molecule has 7 heteroatoms. The third-order valence-corrected chi connectivity index (χ3v) is 5.56. The summed E-state index contributed by atoms with van der Waals surface area (Å²) in [5.41, 5.74) is 3.26. The van der Waals surface area contributed by atoms with Gasteiger partial charge in [-0.1, -0.05) is 35.9 Å². The van der Waals surface area contributed by atoms with E-state index in [0.29, 0.717) is 13.0 Å². The summed E-state index contributed by atoms with van der Waals surface area (Å²) in [6, 6.07) is 7.00. The first-order valence-corrected chi connectivity index (χ1v) is 10.0. The van der Waals surface area contributed by atoms with Crippen LogP contribution in [0.15, 0.2) is 35.9 Å². The summed E-state index contributed by atoms with van der Waals surface area (Å²) in [6.07, 6.45) is 6.99. The zero-order valence-corrected chi connectivity index (χ0v) is 17.0. The summed E-state index contributed by atoms with van der Waals surface area (Å²) < 4.78 is 0. The van der Waals surface area contributed by atoms with Gasteiger partial charge in [-0.05, 0) is 50.2 Å². The van der Waals surface area contributed by atoms with Gasteiger partial charge in [-0.3, -0.25) is 19.3 Å². The van der Waals surface area contributed by atoms with Crippen LogP contribution in [0.25, 0.3) is 0 Å². The molecule has 0 radical (unpaired) electrons. The first kappa shape index (κ1) is 20.8. The summed E-state index contributed by atoms with van der Waals surface area (Å²) in [5, 5.41) is 0. The van der Waals surface area contributed by atoms with Gasteiger partial charge in [0.2, 0.25) is 5.91 Å². The molecular formula is C22H27N3O4. The summed E-state index contributed by atoms with van der Waals surface area (Å²) in [5.74, 6) is -2.16. The van der Waals surface area contributed by atoms with Gasteiger partial charge in [0.25, 0.3) is 0 Å². The van der Waals surface area contributed by atoms with E-state index >= 15 is 0 Å². The van der Waals surface area contributed by atoms with Crippen molar-refractivity contribution in [2.75, 3.05) is 20.1 Å². The van der Waals surface area contributed by atoms with Crippen LogP contribution in [0.2, 0.25) is 0 Å². The first-order chi connectivity index (χ1) is 13.9. The average Bonchev–Trinajstić information content (AvgIpc) is 2.92. The molecule has 29 heavy (non-hydrogen) atoms. The van der Waals surface area contributed by atoms with Crippen molar-refractivity contribution in [2.24, 2.45) is 0 Å². The topological polar surface area (TPSA) is 78.0 Å². The van der Waals surface area contributed by atoms with Gasteiger partial charge in [-0.15, -0.1) is 0 Å². The number of carbonyl (C=O) groups is 4. The summed E-state index contributed by atoms with van der Waals surface area (Å²) in [4.78, 5) is 52.9. The molecule has 1 aromatic carbocycles. The normalized spacial score (nSPS) is 17.0. The van der Waals surface area contributed by atoms with Crippen LogP contribution in [-0.4, -0.2) is 58.6 Å². The molecule has 0 atom stereocenters. The first-order valence-electron chi connectivity index (χ1n) is 10.0. The van der Waals surface area contributed by atoms with Crippen LogP contribution in [0.4, 0.5) is 4.79 Å². The molecule has 3 rings (SSSR count). The minimum atomic E-state index is -0.926. The Balaban J connectivity index is 1.59. The number of amides is 5. The highest BCUT2D eigenvalue weighted by Gasteiger charge is 2.45. The van der Waals surface area contributed by atoms with Crippen molar-refractivity contribution in [1.29, 1.82) is 0 Å². The number of imide groups is 2. The molecule has 0 N–H and O–H groups in total. The number of likely N-dealkylation sites (N-methyl/N-ethyl adjacent to an activating group) is 1. The Labute approximate surface area is 170 Å². The Hall–Kier alpha value is -2.96. The van der Waals surface area contributed by atoms with E-state index in [0.717, 1.165) is 46.6 Å². The van der Waals surface area contributed by atoms with E-state index in [4.69, 9.17) is 0 Å². The highest BCUT2D eigenvalue weighted by atomic mass is 16.2. The van der Waals surface area contributed by atoms with E-state index < -0.39 is 24.4 Å². The molecule has 1 aliphatic heterocycles. The van der Waals surface area contributed by atoms with Crippen molar-refractivity contribution in [3.63, 3.8) is 0 Å². The maximum Gasteiger partial charge on any atom is 0.334 e. The molecule has 0 saturated carbocycles. The fraction of sp³-hybridized carbons (Fsp3) is 0.455. The lowest BCUT2D eigenvalue weighted by Gasteiger charge is -2.21. The maximum atomic E-state index is 12.6. The number of aryl methyl sites for hydroxylation is 1. The van der Waals surface area contributed by atoms with Crippen LogP contribution in [0.3, 0.4) is 0 Å². The molecule has 1 aromatic rings. The third kappa shape index (κ3) is 4.72. The number of carbonyl (C=O) groups excluding carboxylic acids is 4. The summed E-state index contributed by atoms with van der Waals surface area (Å²) >= 11 is 0. The average molecular weight is 397 g/mol. The van der Waals surface area contributed by atoms with E-state index in [-0.39, 0.29) is 12.5 Å². The van der Waals surface area contributed by atoms with Crippen LogP contribution in [0.5, 0.6) is 0 Å². The second-order valence-electron chi connectivity index (χ2n) is 7.67. The molecule has 0 unspecified atom stereocenters. The third-order valence-electron chi connectivity index (χ3n) is 5.56. The van der Waals surface area contributed by atoms with Gasteiger partial charge in [0.05, 0.1) is 0 Å². The van der Waals surface area contributed by atoms with Crippen molar-refractivity contribution in [3.05, 3.63) is 47.0 Å². The van der Waals surface area contributed by atoms with E-state index in [1.54, 1.807) is 7.05 Å². The Morgan fingerprint density at radius 3 is 2.48 bits per heavy atom. The monoisotopic (exact) mass is 397 g/mol. The van der Waals surface area contributed by atoms with E-state index in [9.17, 15) is 19.2 Å². The molecule has 0 aromatic heterocycles. The second-order valence-corrected chi connectivity index (χ2v) is 7.67. The van der Waals surface area contributed by atoms with Gasteiger partial charge in [-0.2, -0.15) is 0 Å². The molecule has 2 aliphatic rings. The van der Waals surface area contributed by atoms with Crippen LogP contribution < -0.4 is 0 Å². The number of urea groups is 1. The Morgan fingerprint density at radius 2 is 1.79 bits per heavy atom. The predicted octanol–water partition coefficient (Wildman–Crippen LogP) is 2.63. The second kappa shape index (κ2) is 9.03. The maximum absolute atomic E-state index is 12.6. The zero-order chi connectivity index (χ0) is 21.0. The molecular weight excluding hydrogens is 370 g/mol. The Bertz CT molecular complexity index is 861. The fourth-order valence-electron chi connectivity index (χ4n) is 3.66. The zero-order valence-electron chi connectivity index (χ0n) is 17.0. The van der Waals surface area contributed by atoms with Crippen molar-refractivity contribution < 1.29 is 19.2 Å². The number of hydrogen-bond acceptors (Lipinski definition) is 4. The molecule has 7 nitrogen and oxygen atoms in total. The van der Waals surface area contributed by atoms with Crippen LogP contribution in [-0.2, 0) is 20.9 Å². The van der Waals surface area contributed by atoms with Crippen molar-refractivity contribution in [2.45, 2.75) is 45.6 Å². The molecule has 1 fully saturated rings. The van der Waals surface area contributed by atoms with Gasteiger partial charge in [0.1, 0.15) is 6.54 Å². The number of nitrogens with zero attached hydrogens (tertiary/aromatic N) is 3. The van der Waals surface area contributed by atoms with Crippen LogP contribution in [0.1, 0.15) is 43.2 Å². The van der Waals surface area contributed by atoms with Crippen molar-refractivity contribution in [1.82, 2.24) is 14.7 Å². The van der Waals surface area contributed by atoms with Gasteiger partial charge >= 0.3 is 17.8 Å². The predicted molar refractivity (Wildman–Crippen MR) is 108 cm³/mol. The SMILES string of the molecule is Cc1ccccc1CN(C)C(=O)CN1C(=O)C(=O)N(CCC2=CCCCC2)C1=O. The van der Waals surface area contributed by atoms with Gasteiger partial charge in [-0.25, -0.2) is 9.69 Å². The standard InChI is InChI=1S/C22H27N3O4/c1-16-8-6-7-11-18(16)14-23(2)19(26)15-25-21(28)20(27)24(22(25)29)13-12-17-9-4-3-5-10-17/h6-9,11H,3-5,10,12-15H2,1-2H3. The van der Waals surface area contributed by atoms with Crippen LogP contribution in [0, 0.1) is 6.92 Å². The quantitative estimate of drug-likeness (QED) is 0.403. The number of benzene rings is 1. The smallest absolute Gasteiger partial charge is 0.334 e. The van der Waals surface area contributed by atoms with Crippen molar-refractivity contribution >= 4 is 23.8 Å². The molecule has 1 heterocycles. The highest BCUT2D eigenvalue weighted by Crippen LogP contribution is 2.22. The van der Waals surface area contributed by atoms with Crippen molar-refractivity contribution in [3.8, 4) is 0 Å². The van der Waals surface area contributed by atoms with E-state index in [1.165, 1.54) is 10.5 Å². The summed E-state index contributed by atoms with van der Waals surface area (Å²) in [7, 11) is 1.62. The lowest BCUT2D eigenvalue weighted by Crippen LogP contribution is -2.42. The van der Waals surface area contributed by atoms with E-state index in [2.05, 4.69) is 6.08 Å². The largest absolute Gasteiger partial charge is 0.340 e. The molecule has 1 aliphatic carbocycles. The molecule has 0 bridgehead atoms. The lowest BCUT2D eigenvalue weighted by molar-refractivity contribution is -0.144. The molecule has 154 valence electrons. The fourth-order valence-corrected chi connectivity index (χ4v) is 3.66. The van der Waals surface area contributed by atoms with Gasteiger partial charge < -0.3 is 4.90 Å². The Morgan fingerprint density at radius 1 is 1.07 bits per heavy atom.